The largest absolute Gasteiger partial charge is 0.394 e. The first-order valence-corrected chi connectivity index (χ1v) is 8.83. The highest BCUT2D eigenvalue weighted by Crippen LogP contribution is 2.40. The average Bonchev–Trinajstić information content (AvgIpc) is 3.16. The van der Waals surface area contributed by atoms with Crippen molar-refractivity contribution in [2.45, 2.75) is 69.9 Å². The van der Waals surface area contributed by atoms with Crippen LogP contribution in [0.5, 0.6) is 0 Å². The van der Waals surface area contributed by atoms with Crippen LogP contribution in [0.25, 0.3) is 0 Å². The minimum atomic E-state index is 0.0581. The van der Waals surface area contributed by atoms with Gasteiger partial charge in [0.05, 0.1) is 6.61 Å². The van der Waals surface area contributed by atoms with Crippen molar-refractivity contribution in [1.82, 2.24) is 10.2 Å². The van der Waals surface area contributed by atoms with Gasteiger partial charge in [-0.1, -0.05) is 13.3 Å². The van der Waals surface area contributed by atoms with Crippen molar-refractivity contribution in [3.8, 4) is 0 Å². The number of piperidine rings is 1. The number of hydrogen-bond donors (Lipinski definition) is 2. The van der Waals surface area contributed by atoms with Gasteiger partial charge in [0.25, 0.3) is 0 Å². The molecular weight excluding hydrogens is 248 g/mol. The van der Waals surface area contributed by atoms with Crippen molar-refractivity contribution >= 4 is 0 Å². The molecule has 3 unspecified atom stereocenters. The van der Waals surface area contributed by atoms with Crippen molar-refractivity contribution in [1.29, 1.82) is 0 Å². The molecule has 2 saturated carbocycles. The smallest absolute Gasteiger partial charge is 0.0616 e. The Hall–Kier alpha value is -0.120. The van der Waals surface area contributed by atoms with Gasteiger partial charge in [-0.05, 0) is 69.9 Å². The maximum Gasteiger partial charge on any atom is 0.0616 e. The first kappa shape index (κ1) is 14.8. The van der Waals surface area contributed by atoms with Crippen molar-refractivity contribution in [3.63, 3.8) is 0 Å². The van der Waals surface area contributed by atoms with Crippen molar-refractivity contribution < 1.29 is 5.11 Å². The van der Waals surface area contributed by atoms with Crippen LogP contribution in [0.15, 0.2) is 0 Å². The quantitative estimate of drug-likeness (QED) is 0.784. The molecule has 1 heterocycles. The second-order valence-corrected chi connectivity index (χ2v) is 7.66. The van der Waals surface area contributed by atoms with E-state index in [0.29, 0.717) is 18.6 Å². The summed E-state index contributed by atoms with van der Waals surface area (Å²) in [4.78, 5) is 2.66. The first-order chi connectivity index (χ1) is 9.72. The third-order valence-corrected chi connectivity index (χ3v) is 5.84. The molecule has 0 aromatic heterocycles. The zero-order chi connectivity index (χ0) is 14.0. The number of aliphatic hydroxyl groups is 1. The van der Waals surface area contributed by atoms with E-state index in [1.807, 2.05) is 0 Å². The van der Waals surface area contributed by atoms with E-state index in [2.05, 4.69) is 17.1 Å². The van der Waals surface area contributed by atoms with Gasteiger partial charge in [0, 0.05) is 18.1 Å². The van der Waals surface area contributed by atoms with Gasteiger partial charge in [-0.2, -0.15) is 0 Å². The molecule has 3 heteroatoms. The lowest BCUT2D eigenvalue weighted by Crippen LogP contribution is -2.53. The van der Waals surface area contributed by atoms with E-state index < -0.39 is 0 Å². The number of likely N-dealkylation sites (tertiary alicyclic amines) is 1. The lowest BCUT2D eigenvalue weighted by molar-refractivity contribution is 0.102. The summed E-state index contributed by atoms with van der Waals surface area (Å²) in [5, 5.41) is 13.8. The van der Waals surface area contributed by atoms with E-state index in [-0.39, 0.29) is 5.54 Å². The van der Waals surface area contributed by atoms with E-state index in [9.17, 15) is 5.11 Å². The van der Waals surface area contributed by atoms with Gasteiger partial charge in [0.2, 0.25) is 0 Å². The SMILES string of the molecule is CC1CCCN(CCC2CCCC2(CO)NC2CC2)C1. The Morgan fingerprint density at radius 3 is 2.75 bits per heavy atom. The molecule has 2 N–H and O–H groups in total. The van der Waals surface area contributed by atoms with E-state index in [0.717, 1.165) is 5.92 Å². The van der Waals surface area contributed by atoms with Crippen molar-refractivity contribution in [2.75, 3.05) is 26.2 Å². The number of nitrogens with zero attached hydrogens (tertiary/aromatic N) is 1. The Morgan fingerprint density at radius 1 is 1.20 bits per heavy atom. The van der Waals surface area contributed by atoms with Gasteiger partial charge < -0.3 is 15.3 Å². The lowest BCUT2D eigenvalue weighted by atomic mass is 9.84. The fraction of sp³-hybridized carbons (Fsp3) is 1.00. The summed E-state index contributed by atoms with van der Waals surface area (Å²) in [7, 11) is 0. The molecule has 3 rings (SSSR count). The summed E-state index contributed by atoms with van der Waals surface area (Å²) in [6.45, 7) is 6.54. The van der Waals surface area contributed by atoms with Crippen LogP contribution < -0.4 is 5.32 Å². The Labute approximate surface area is 124 Å². The number of aliphatic hydroxyl groups excluding tert-OH is 1. The minimum Gasteiger partial charge on any atom is -0.394 e. The Kier molecular flexibility index (Phi) is 4.68. The van der Waals surface area contributed by atoms with Gasteiger partial charge in [-0.15, -0.1) is 0 Å². The monoisotopic (exact) mass is 280 g/mol. The van der Waals surface area contributed by atoms with Crippen LogP contribution in [-0.4, -0.2) is 47.8 Å². The molecule has 3 fully saturated rings. The molecule has 0 bridgehead atoms. The van der Waals surface area contributed by atoms with Gasteiger partial charge in [-0.25, -0.2) is 0 Å². The molecule has 3 aliphatic rings. The van der Waals surface area contributed by atoms with Crippen LogP contribution in [0.2, 0.25) is 0 Å². The second-order valence-electron chi connectivity index (χ2n) is 7.66. The van der Waals surface area contributed by atoms with Crippen LogP contribution >= 0.6 is 0 Å². The van der Waals surface area contributed by atoms with Crippen molar-refractivity contribution in [3.05, 3.63) is 0 Å². The van der Waals surface area contributed by atoms with E-state index in [1.165, 1.54) is 71.0 Å². The highest BCUT2D eigenvalue weighted by Gasteiger charge is 2.44. The van der Waals surface area contributed by atoms with Crippen LogP contribution in [-0.2, 0) is 0 Å². The van der Waals surface area contributed by atoms with Gasteiger partial charge in [0.15, 0.2) is 0 Å². The Bertz CT molecular complexity index is 318. The summed E-state index contributed by atoms with van der Waals surface area (Å²) < 4.78 is 0. The molecule has 20 heavy (non-hydrogen) atoms. The zero-order valence-corrected chi connectivity index (χ0v) is 13.1. The van der Waals surface area contributed by atoms with Gasteiger partial charge >= 0.3 is 0 Å². The number of hydrogen-bond acceptors (Lipinski definition) is 3. The summed E-state index contributed by atoms with van der Waals surface area (Å²) in [6, 6.07) is 0.706. The van der Waals surface area contributed by atoms with Crippen LogP contribution in [0.3, 0.4) is 0 Å². The third kappa shape index (κ3) is 3.37. The molecular formula is C17H32N2O. The molecule has 0 aromatic rings. The molecule has 2 aliphatic carbocycles. The average molecular weight is 280 g/mol. The maximum atomic E-state index is 9.97. The Morgan fingerprint density at radius 2 is 2.05 bits per heavy atom. The van der Waals surface area contributed by atoms with Gasteiger partial charge in [-0.3, -0.25) is 0 Å². The fourth-order valence-electron chi connectivity index (χ4n) is 4.47. The predicted molar refractivity (Wildman–Crippen MR) is 82.8 cm³/mol. The summed E-state index contributed by atoms with van der Waals surface area (Å²) in [5.74, 6) is 1.56. The van der Waals surface area contributed by atoms with Crippen molar-refractivity contribution in [2.24, 2.45) is 11.8 Å². The molecule has 0 aromatic carbocycles. The third-order valence-electron chi connectivity index (χ3n) is 5.84. The Balaban J connectivity index is 1.52. The minimum absolute atomic E-state index is 0.0581. The molecule has 0 amide bonds. The lowest BCUT2D eigenvalue weighted by Gasteiger charge is -2.37. The molecule has 1 saturated heterocycles. The normalized spacial score (nSPS) is 39.3. The second kappa shape index (κ2) is 6.33. The molecule has 1 aliphatic heterocycles. The van der Waals surface area contributed by atoms with Crippen LogP contribution in [0, 0.1) is 11.8 Å². The zero-order valence-electron chi connectivity index (χ0n) is 13.1. The number of rotatable bonds is 6. The standard InChI is InChI=1S/C17H32N2O/c1-14-4-3-10-19(12-14)11-8-15-5-2-9-17(15,13-20)18-16-6-7-16/h14-16,18,20H,2-13H2,1H3. The maximum absolute atomic E-state index is 9.97. The molecule has 3 nitrogen and oxygen atoms in total. The predicted octanol–water partition coefficient (Wildman–Crippen LogP) is 2.39. The highest BCUT2D eigenvalue weighted by molar-refractivity contribution is 5.03. The topological polar surface area (TPSA) is 35.5 Å². The number of nitrogens with one attached hydrogen (secondary N) is 1. The van der Waals surface area contributed by atoms with E-state index in [4.69, 9.17) is 0 Å². The molecule has 0 radical (unpaired) electrons. The van der Waals surface area contributed by atoms with Crippen LogP contribution in [0.4, 0.5) is 0 Å². The molecule has 3 atom stereocenters. The van der Waals surface area contributed by atoms with E-state index >= 15 is 0 Å². The highest BCUT2D eigenvalue weighted by atomic mass is 16.3. The summed E-state index contributed by atoms with van der Waals surface area (Å²) >= 11 is 0. The van der Waals surface area contributed by atoms with Crippen LogP contribution in [0.1, 0.15) is 58.3 Å². The molecule has 0 spiro atoms. The summed E-state index contributed by atoms with van der Waals surface area (Å²) in [5.41, 5.74) is 0.0581. The first-order valence-electron chi connectivity index (χ1n) is 8.83. The fourth-order valence-corrected chi connectivity index (χ4v) is 4.47. The summed E-state index contributed by atoms with van der Waals surface area (Å²) in [6.07, 6.45) is 10.5. The van der Waals surface area contributed by atoms with E-state index in [1.54, 1.807) is 0 Å². The van der Waals surface area contributed by atoms with Gasteiger partial charge in [0.1, 0.15) is 0 Å². The molecule has 116 valence electrons.